The van der Waals surface area contributed by atoms with E-state index in [2.05, 4.69) is 0 Å². The standard InChI is InChI=1S/C23H21NO3S/c1-14-22(15(2)25)28-23(24(14)17-7-5-4-6-8-17)19-12-10-16-9-11-18(27-3)13-20(16)21(19)26/h4-9,11,13H,10,12H2,1-3H3. The number of ketones is 2. The molecule has 0 fully saturated rings. The Morgan fingerprint density at radius 1 is 1.11 bits per heavy atom. The van der Waals surface area contributed by atoms with Crippen LogP contribution in [0.5, 0.6) is 5.75 Å². The monoisotopic (exact) mass is 391 g/mol. The Labute approximate surface area is 168 Å². The SMILES string of the molecule is COc1ccc2c(c1)C(=O)C(=C1SC(C(C)=O)=C(C)N1c1ccccc1)CC2. The average Bonchev–Trinajstić information content (AvgIpc) is 3.06. The molecule has 2 aromatic rings. The quantitative estimate of drug-likeness (QED) is 0.681. The highest BCUT2D eigenvalue weighted by Gasteiger charge is 2.35. The molecule has 4 nitrogen and oxygen atoms in total. The van der Waals surface area contributed by atoms with Crippen LogP contribution < -0.4 is 9.64 Å². The molecule has 0 amide bonds. The number of para-hydroxylation sites is 1. The molecule has 0 spiro atoms. The van der Waals surface area contributed by atoms with Gasteiger partial charge in [0, 0.05) is 22.5 Å². The minimum atomic E-state index is 0.0150. The Hall–Kier alpha value is -2.79. The molecule has 0 unspecified atom stereocenters. The van der Waals surface area contributed by atoms with Gasteiger partial charge in [-0.2, -0.15) is 0 Å². The molecule has 0 aromatic heterocycles. The molecule has 2 aliphatic rings. The van der Waals surface area contributed by atoms with Crippen molar-refractivity contribution in [3.8, 4) is 5.75 Å². The number of thioether (sulfide) groups is 1. The fourth-order valence-corrected chi connectivity index (χ4v) is 4.96. The van der Waals surface area contributed by atoms with Crippen LogP contribution in [0.3, 0.4) is 0 Å². The summed E-state index contributed by atoms with van der Waals surface area (Å²) in [6.07, 6.45) is 1.45. The number of carbonyl (C=O) groups excluding carboxylic acids is 2. The van der Waals surface area contributed by atoms with E-state index in [0.717, 1.165) is 34.0 Å². The molecule has 0 N–H and O–H groups in total. The first-order valence-electron chi connectivity index (χ1n) is 9.21. The van der Waals surface area contributed by atoms with Gasteiger partial charge in [0.25, 0.3) is 0 Å². The Balaban J connectivity index is 1.85. The zero-order chi connectivity index (χ0) is 19.8. The first-order chi connectivity index (χ1) is 13.5. The van der Waals surface area contributed by atoms with Gasteiger partial charge in [0.1, 0.15) is 5.75 Å². The molecular weight excluding hydrogens is 370 g/mol. The van der Waals surface area contributed by atoms with E-state index in [9.17, 15) is 9.59 Å². The van der Waals surface area contributed by atoms with Gasteiger partial charge in [-0.1, -0.05) is 36.0 Å². The predicted molar refractivity (Wildman–Crippen MR) is 113 cm³/mol. The van der Waals surface area contributed by atoms with Gasteiger partial charge in [-0.25, -0.2) is 0 Å². The van der Waals surface area contributed by atoms with Gasteiger partial charge in [0.15, 0.2) is 11.6 Å². The minimum Gasteiger partial charge on any atom is -0.497 e. The molecule has 0 bridgehead atoms. The second kappa shape index (κ2) is 7.32. The van der Waals surface area contributed by atoms with E-state index in [1.165, 1.54) is 11.8 Å². The fraction of sp³-hybridized carbons (Fsp3) is 0.217. The topological polar surface area (TPSA) is 46.6 Å². The van der Waals surface area contributed by atoms with Crippen molar-refractivity contribution in [2.45, 2.75) is 26.7 Å². The minimum absolute atomic E-state index is 0.0150. The first kappa shape index (κ1) is 18.6. The summed E-state index contributed by atoms with van der Waals surface area (Å²) in [7, 11) is 1.60. The lowest BCUT2D eigenvalue weighted by molar-refractivity contribution is -0.113. The van der Waals surface area contributed by atoms with Crippen LogP contribution in [0.2, 0.25) is 0 Å². The molecule has 28 heavy (non-hydrogen) atoms. The van der Waals surface area contributed by atoms with Gasteiger partial charge >= 0.3 is 0 Å². The zero-order valence-corrected chi connectivity index (χ0v) is 16.9. The largest absolute Gasteiger partial charge is 0.497 e. The molecule has 1 heterocycles. The number of Topliss-reactive ketones (excluding diaryl/α,β-unsaturated/α-hetero) is 2. The van der Waals surface area contributed by atoms with Crippen LogP contribution in [0.1, 0.15) is 36.2 Å². The van der Waals surface area contributed by atoms with Crippen LogP contribution in [0.25, 0.3) is 0 Å². The Morgan fingerprint density at radius 2 is 1.86 bits per heavy atom. The number of aryl methyl sites for hydroxylation is 1. The molecular formula is C23H21NO3S. The van der Waals surface area contributed by atoms with E-state index >= 15 is 0 Å². The average molecular weight is 391 g/mol. The smallest absolute Gasteiger partial charge is 0.192 e. The number of allylic oxidation sites excluding steroid dienone is 3. The predicted octanol–water partition coefficient (Wildman–Crippen LogP) is 5.11. The van der Waals surface area contributed by atoms with E-state index in [1.54, 1.807) is 14.0 Å². The Kier molecular flexibility index (Phi) is 4.85. The van der Waals surface area contributed by atoms with Gasteiger partial charge in [-0.05, 0) is 56.5 Å². The van der Waals surface area contributed by atoms with Crippen LogP contribution in [-0.4, -0.2) is 18.7 Å². The number of hydrogen-bond acceptors (Lipinski definition) is 5. The maximum absolute atomic E-state index is 13.4. The van der Waals surface area contributed by atoms with E-state index in [1.807, 2.05) is 60.4 Å². The first-order valence-corrected chi connectivity index (χ1v) is 10.0. The number of benzene rings is 2. The number of nitrogens with zero attached hydrogens (tertiary/aromatic N) is 1. The molecule has 4 rings (SSSR count). The van der Waals surface area contributed by atoms with Crippen molar-refractivity contribution in [1.29, 1.82) is 0 Å². The molecule has 5 heteroatoms. The van der Waals surface area contributed by atoms with Gasteiger partial charge in [-0.3, -0.25) is 9.59 Å². The number of rotatable bonds is 3. The molecule has 1 aliphatic heterocycles. The van der Waals surface area contributed by atoms with E-state index < -0.39 is 0 Å². The molecule has 0 saturated carbocycles. The number of carbonyl (C=O) groups is 2. The van der Waals surface area contributed by atoms with Crippen molar-refractivity contribution in [1.82, 2.24) is 0 Å². The highest BCUT2D eigenvalue weighted by atomic mass is 32.2. The zero-order valence-electron chi connectivity index (χ0n) is 16.1. The van der Waals surface area contributed by atoms with Crippen molar-refractivity contribution in [2.24, 2.45) is 0 Å². The highest BCUT2D eigenvalue weighted by Crippen LogP contribution is 2.47. The fourth-order valence-electron chi connectivity index (χ4n) is 3.73. The van der Waals surface area contributed by atoms with Gasteiger partial charge in [-0.15, -0.1) is 0 Å². The number of ether oxygens (including phenoxy) is 1. The summed E-state index contributed by atoms with van der Waals surface area (Å²) in [4.78, 5) is 28.3. The Morgan fingerprint density at radius 3 is 2.54 bits per heavy atom. The number of hydrogen-bond donors (Lipinski definition) is 0. The van der Waals surface area contributed by atoms with Crippen molar-refractivity contribution < 1.29 is 14.3 Å². The third-order valence-electron chi connectivity index (χ3n) is 5.14. The summed E-state index contributed by atoms with van der Waals surface area (Å²) in [5.41, 5.74) is 4.31. The Bertz CT molecular complexity index is 1040. The molecule has 0 saturated heterocycles. The molecule has 142 valence electrons. The van der Waals surface area contributed by atoms with Gasteiger partial charge in [0.05, 0.1) is 17.0 Å². The molecule has 0 radical (unpaired) electrons. The molecule has 0 atom stereocenters. The summed E-state index contributed by atoms with van der Waals surface area (Å²) in [6.45, 7) is 3.51. The van der Waals surface area contributed by atoms with Crippen molar-refractivity contribution in [3.05, 3.63) is 80.9 Å². The van der Waals surface area contributed by atoms with Crippen LogP contribution in [-0.2, 0) is 11.2 Å². The van der Waals surface area contributed by atoms with Crippen LogP contribution in [0.4, 0.5) is 5.69 Å². The van der Waals surface area contributed by atoms with Crippen LogP contribution in [0, 0.1) is 0 Å². The third-order valence-corrected chi connectivity index (χ3v) is 6.55. The van der Waals surface area contributed by atoms with Crippen LogP contribution in [0.15, 0.2) is 69.7 Å². The molecule has 1 aliphatic carbocycles. The lowest BCUT2D eigenvalue weighted by Gasteiger charge is -2.26. The maximum atomic E-state index is 13.4. The van der Waals surface area contributed by atoms with E-state index in [0.29, 0.717) is 22.6 Å². The highest BCUT2D eigenvalue weighted by molar-refractivity contribution is 8.08. The van der Waals surface area contributed by atoms with E-state index in [4.69, 9.17) is 4.74 Å². The van der Waals surface area contributed by atoms with Gasteiger partial charge in [0.2, 0.25) is 0 Å². The van der Waals surface area contributed by atoms with Crippen molar-refractivity contribution in [2.75, 3.05) is 12.0 Å². The summed E-state index contributed by atoms with van der Waals surface area (Å²) < 4.78 is 5.31. The summed E-state index contributed by atoms with van der Waals surface area (Å²) in [6, 6.07) is 15.6. The summed E-state index contributed by atoms with van der Waals surface area (Å²) in [5.74, 6) is 0.710. The lowest BCUT2D eigenvalue weighted by Crippen LogP contribution is -2.22. The number of fused-ring (bicyclic) bond motifs is 1. The second-order valence-electron chi connectivity index (χ2n) is 6.88. The summed E-state index contributed by atoms with van der Waals surface area (Å²) in [5, 5.41) is 0.840. The van der Waals surface area contributed by atoms with Crippen LogP contribution >= 0.6 is 11.8 Å². The van der Waals surface area contributed by atoms with E-state index in [-0.39, 0.29) is 11.6 Å². The van der Waals surface area contributed by atoms with Gasteiger partial charge < -0.3 is 9.64 Å². The van der Waals surface area contributed by atoms with Crippen molar-refractivity contribution >= 4 is 29.0 Å². The van der Waals surface area contributed by atoms with Crippen molar-refractivity contribution in [3.63, 3.8) is 0 Å². The molecule has 2 aromatic carbocycles. The maximum Gasteiger partial charge on any atom is 0.192 e. The summed E-state index contributed by atoms with van der Waals surface area (Å²) >= 11 is 1.41. The third kappa shape index (κ3) is 3.06. The second-order valence-corrected chi connectivity index (χ2v) is 7.88. The number of methoxy groups -OCH3 is 1. The normalized spacial score (nSPS) is 19.1. The number of anilines is 1. The lowest BCUT2D eigenvalue weighted by atomic mass is 9.87.